The fourth-order valence-corrected chi connectivity index (χ4v) is 3.82. The van der Waals surface area contributed by atoms with E-state index in [-0.39, 0.29) is 12.1 Å². The van der Waals surface area contributed by atoms with Crippen molar-refractivity contribution in [1.82, 2.24) is 9.69 Å². The lowest BCUT2D eigenvalue weighted by Crippen LogP contribution is -2.52. The van der Waals surface area contributed by atoms with E-state index < -0.39 is 0 Å². The minimum Gasteiger partial charge on any atom is -0.475 e. The summed E-state index contributed by atoms with van der Waals surface area (Å²) < 4.78 is 11.6. The van der Waals surface area contributed by atoms with Gasteiger partial charge in [-0.2, -0.15) is 4.37 Å². The number of fused-ring (bicyclic) bond motifs is 1. The third kappa shape index (κ3) is 3.36. The monoisotopic (exact) mass is 306 g/mol. The smallest absolute Gasteiger partial charge is 0.233 e. The van der Waals surface area contributed by atoms with Gasteiger partial charge in [-0.15, -0.1) is 0 Å². The van der Waals surface area contributed by atoms with Crippen LogP contribution >= 0.6 is 11.5 Å². The van der Waals surface area contributed by atoms with Crippen molar-refractivity contribution in [3.63, 3.8) is 0 Å². The van der Waals surface area contributed by atoms with Gasteiger partial charge in [-0.25, -0.2) is 0 Å². The van der Waals surface area contributed by atoms with Gasteiger partial charge in [0.25, 0.3) is 0 Å². The third-order valence-electron chi connectivity index (χ3n) is 4.25. The molecule has 0 unspecified atom stereocenters. The summed E-state index contributed by atoms with van der Waals surface area (Å²) in [7, 11) is 0. The highest BCUT2D eigenvalue weighted by atomic mass is 32.1. The van der Waals surface area contributed by atoms with E-state index in [4.69, 9.17) is 9.84 Å². The number of nitrogens with one attached hydrogen (secondary N) is 1. The molecule has 1 aromatic heterocycles. The second kappa shape index (κ2) is 6.73. The van der Waals surface area contributed by atoms with E-state index in [0.29, 0.717) is 13.2 Å². The van der Waals surface area contributed by atoms with E-state index in [9.17, 15) is 0 Å². The summed E-state index contributed by atoms with van der Waals surface area (Å²) in [6, 6.07) is 8.17. The van der Waals surface area contributed by atoms with Crippen molar-refractivity contribution in [3.8, 4) is 5.88 Å². The Bertz CT molecular complexity index is 578. The van der Waals surface area contributed by atoms with Crippen LogP contribution in [-0.4, -0.2) is 34.8 Å². The van der Waals surface area contributed by atoms with Crippen molar-refractivity contribution in [2.75, 3.05) is 19.8 Å². The number of ether oxygens (including phenoxy) is 1. The molecule has 0 bridgehead atoms. The van der Waals surface area contributed by atoms with Gasteiger partial charge in [0, 0.05) is 6.54 Å². The quantitative estimate of drug-likeness (QED) is 0.861. The van der Waals surface area contributed by atoms with E-state index in [1.807, 2.05) is 12.1 Å². The lowest BCUT2D eigenvalue weighted by molar-refractivity contribution is 0.126. The second-order valence-corrected chi connectivity index (χ2v) is 6.57. The van der Waals surface area contributed by atoms with E-state index in [0.717, 1.165) is 28.8 Å². The van der Waals surface area contributed by atoms with E-state index in [1.54, 1.807) is 0 Å². The largest absolute Gasteiger partial charge is 0.475 e. The SMILES string of the molecule is OCCNC1(COc2nsc3ccccc23)CCCCC1. The summed E-state index contributed by atoms with van der Waals surface area (Å²) >= 11 is 1.48. The highest BCUT2D eigenvalue weighted by Crippen LogP contribution is 2.32. The highest BCUT2D eigenvalue weighted by Gasteiger charge is 2.32. The van der Waals surface area contributed by atoms with Crippen molar-refractivity contribution in [2.45, 2.75) is 37.6 Å². The van der Waals surface area contributed by atoms with Crippen LogP contribution in [0.15, 0.2) is 24.3 Å². The zero-order valence-electron chi connectivity index (χ0n) is 12.2. The summed E-state index contributed by atoms with van der Waals surface area (Å²) in [6.07, 6.45) is 5.95. The molecule has 4 nitrogen and oxygen atoms in total. The molecule has 0 atom stereocenters. The first-order valence-electron chi connectivity index (χ1n) is 7.66. The first-order valence-corrected chi connectivity index (χ1v) is 8.43. The second-order valence-electron chi connectivity index (χ2n) is 5.76. The Balaban J connectivity index is 1.71. The fourth-order valence-electron chi connectivity index (χ4n) is 3.10. The number of aliphatic hydroxyl groups is 1. The van der Waals surface area contributed by atoms with Gasteiger partial charge in [-0.3, -0.25) is 0 Å². The van der Waals surface area contributed by atoms with Crippen molar-refractivity contribution >= 4 is 21.6 Å². The topological polar surface area (TPSA) is 54.4 Å². The Morgan fingerprint density at radius 3 is 2.86 bits per heavy atom. The average Bonchev–Trinajstić information content (AvgIpc) is 2.95. The summed E-state index contributed by atoms with van der Waals surface area (Å²) in [5.74, 6) is 0.742. The molecule has 2 N–H and O–H groups in total. The summed E-state index contributed by atoms with van der Waals surface area (Å²) in [5.41, 5.74) is -0.00823. The van der Waals surface area contributed by atoms with Gasteiger partial charge < -0.3 is 15.2 Å². The maximum absolute atomic E-state index is 9.09. The molecule has 1 aromatic carbocycles. The molecule has 2 aromatic rings. The fraction of sp³-hybridized carbons (Fsp3) is 0.562. The maximum atomic E-state index is 9.09. The highest BCUT2D eigenvalue weighted by molar-refractivity contribution is 7.13. The molecule has 5 heteroatoms. The molecule has 0 spiro atoms. The Kier molecular flexibility index (Phi) is 4.73. The molecule has 0 saturated heterocycles. The summed E-state index contributed by atoms with van der Waals surface area (Å²) in [6.45, 7) is 1.42. The van der Waals surface area contributed by atoms with Crippen molar-refractivity contribution in [2.24, 2.45) is 0 Å². The first kappa shape index (κ1) is 14.8. The number of rotatable bonds is 6. The number of β-amino-alcohol motifs (C(OH)–C–C–N with tert-alkyl or cyclic N) is 1. The molecule has 0 radical (unpaired) electrons. The summed E-state index contributed by atoms with van der Waals surface area (Å²) in [5, 5.41) is 13.7. The predicted molar refractivity (Wildman–Crippen MR) is 86.0 cm³/mol. The van der Waals surface area contributed by atoms with E-state index >= 15 is 0 Å². The van der Waals surface area contributed by atoms with Gasteiger partial charge in [0.2, 0.25) is 5.88 Å². The number of nitrogens with zero attached hydrogens (tertiary/aromatic N) is 1. The standard InChI is InChI=1S/C16H22N2O2S/c19-11-10-17-16(8-4-1-5-9-16)12-20-15-13-6-2-3-7-14(13)21-18-15/h2-3,6-7,17,19H,1,4-5,8-12H2. The molecule has 1 aliphatic rings. The molecule has 1 heterocycles. The zero-order chi connectivity index (χ0) is 14.5. The van der Waals surface area contributed by atoms with Gasteiger partial charge in [0.1, 0.15) is 6.61 Å². The van der Waals surface area contributed by atoms with Crippen molar-refractivity contribution in [3.05, 3.63) is 24.3 Å². The van der Waals surface area contributed by atoms with Crippen LogP contribution < -0.4 is 10.1 Å². The van der Waals surface area contributed by atoms with Crippen LogP contribution in [0.3, 0.4) is 0 Å². The summed E-state index contributed by atoms with van der Waals surface area (Å²) in [4.78, 5) is 0. The maximum Gasteiger partial charge on any atom is 0.233 e. The Morgan fingerprint density at radius 1 is 1.24 bits per heavy atom. The number of aliphatic hydroxyl groups excluding tert-OH is 1. The van der Waals surface area contributed by atoms with Crippen molar-refractivity contribution in [1.29, 1.82) is 0 Å². The van der Waals surface area contributed by atoms with Gasteiger partial charge in [-0.1, -0.05) is 31.4 Å². The molecular formula is C16H22N2O2S. The first-order chi connectivity index (χ1) is 10.3. The number of hydrogen-bond acceptors (Lipinski definition) is 5. The number of aromatic nitrogens is 1. The van der Waals surface area contributed by atoms with Gasteiger partial charge in [-0.05, 0) is 36.5 Å². The van der Waals surface area contributed by atoms with E-state index in [1.165, 1.54) is 30.8 Å². The van der Waals surface area contributed by atoms with Crippen LogP contribution in [0.1, 0.15) is 32.1 Å². The molecule has 114 valence electrons. The van der Waals surface area contributed by atoms with Gasteiger partial charge in [0.15, 0.2) is 0 Å². The molecule has 21 heavy (non-hydrogen) atoms. The minimum atomic E-state index is -0.00823. The van der Waals surface area contributed by atoms with Crippen LogP contribution in [0, 0.1) is 0 Å². The van der Waals surface area contributed by atoms with Gasteiger partial charge in [0.05, 0.1) is 22.2 Å². The number of benzene rings is 1. The predicted octanol–water partition coefficient (Wildman–Crippen LogP) is 2.96. The zero-order valence-corrected chi connectivity index (χ0v) is 13.0. The molecule has 0 aliphatic heterocycles. The molecule has 1 saturated carbocycles. The normalized spacial score (nSPS) is 18.0. The lowest BCUT2D eigenvalue weighted by atomic mass is 9.82. The Hall–Kier alpha value is -1.17. The van der Waals surface area contributed by atoms with Gasteiger partial charge >= 0.3 is 0 Å². The third-order valence-corrected chi connectivity index (χ3v) is 5.06. The van der Waals surface area contributed by atoms with Crippen molar-refractivity contribution < 1.29 is 9.84 Å². The van der Waals surface area contributed by atoms with E-state index in [2.05, 4.69) is 21.8 Å². The number of hydrogen-bond donors (Lipinski definition) is 2. The molecule has 0 amide bonds. The van der Waals surface area contributed by atoms with Crippen LogP contribution in [-0.2, 0) is 0 Å². The molecular weight excluding hydrogens is 284 g/mol. The molecule has 1 aliphatic carbocycles. The minimum absolute atomic E-state index is 0.00823. The lowest BCUT2D eigenvalue weighted by Gasteiger charge is -2.37. The Morgan fingerprint density at radius 2 is 2.05 bits per heavy atom. The van der Waals surface area contributed by atoms with Crippen LogP contribution in [0.4, 0.5) is 0 Å². The Labute approximate surface area is 129 Å². The van der Waals surface area contributed by atoms with Crippen LogP contribution in [0.25, 0.3) is 10.1 Å². The van der Waals surface area contributed by atoms with Crippen LogP contribution in [0.2, 0.25) is 0 Å². The molecule has 1 fully saturated rings. The van der Waals surface area contributed by atoms with Crippen LogP contribution in [0.5, 0.6) is 5.88 Å². The average molecular weight is 306 g/mol. The molecule has 3 rings (SSSR count).